The minimum Gasteiger partial charge on any atom is -0.478 e. The summed E-state index contributed by atoms with van der Waals surface area (Å²) in [6, 6.07) is 9.77. The van der Waals surface area contributed by atoms with Crippen LogP contribution in [0.4, 0.5) is 11.6 Å². The Kier molecular flexibility index (Phi) is 6.34. The highest BCUT2D eigenvalue weighted by atomic mass is 35.5. The summed E-state index contributed by atoms with van der Waals surface area (Å²) in [5.41, 5.74) is 1.78. The Morgan fingerprint density at radius 2 is 2.00 bits per heavy atom. The van der Waals surface area contributed by atoms with E-state index in [-0.39, 0.29) is 17.2 Å². The zero-order chi connectivity index (χ0) is 22.8. The Balaban J connectivity index is 1.85. The van der Waals surface area contributed by atoms with Crippen molar-refractivity contribution in [1.29, 1.82) is 0 Å². The Morgan fingerprint density at radius 1 is 1.28 bits per heavy atom. The molecule has 0 spiro atoms. The van der Waals surface area contributed by atoms with Gasteiger partial charge in [0.1, 0.15) is 0 Å². The Labute approximate surface area is 190 Å². The second-order valence-corrected chi connectivity index (χ2v) is 8.11. The molecule has 0 amide bonds. The van der Waals surface area contributed by atoms with Crippen LogP contribution in [-0.2, 0) is 11.3 Å². The Bertz CT molecular complexity index is 1220. The van der Waals surface area contributed by atoms with Gasteiger partial charge in [-0.1, -0.05) is 23.7 Å². The molecule has 1 saturated heterocycles. The van der Waals surface area contributed by atoms with Gasteiger partial charge in [-0.3, -0.25) is 9.36 Å². The largest absolute Gasteiger partial charge is 0.478 e. The molecule has 0 bridgehead atoms. The molecule has 0 aliphatic carbocycles. The molecule has 1 unspecified atom stereocenters. The molecule has 1 aliphatic heterocycles. The van der Waals surface area contributed by atoms with Crippen LogP contribution in [0.15, 0.2) is 41.2 Å². The SMILES string of the molecule is CCn1c(N2CCOCC2)nc2c(C(C)Nc3ccccc3C(=O)O)cc(Cl)cc2c1=O. The van der Waals surface area contributed by atoms with E-state index in [2.05, 4.69) is 10.2 Å². The van der Waals surface area contributed by atoms with Crippen molar-refractivity contribution in [3.63, 3.8) is 0 Å². The van der Waals surface area contributed by atoms with Gasteiger partial charge in [0.15, 0.2) is 0 Å². The number of nitrogens with one attached hydrogen (secondary N) is 1. The molecule has 1 aliphatic rings. The lowest BCUT2D eigenvalue weighted by Gasteiger charge is -2.30. The second-order valence-electron chi connectivity index (χ2n) is 7.67. The van der Waals surface area contributed by atoms with E-state index in [4.69, 9.17) is 21.3 Å². The number of hydrogen-bond acceptors (Lipinski definition) is 6. The van der Waals surface area contributed by atoms with Crippen LogP contribution in [0.1, 0.15) is 35.8 Å². The number of morpholine rings is 1. The van der Waals surface area contributed by atoms with Crippen LogP contribution in [0.25, 0.3) is 10.9 Å². The molecule has 8 nitrogen and oxygen atoms in total. The van der Waals surface area contributed by atoms with Gasteiger partial charge >= 0.3 is 5.97 Å². The summed E-state index contributed by atoms with van der Waals surface area (Å²) in [7, 11) is 0. The number of aromatic nitrogens is 2. The number of fused-ring (bicyclic) bond motifs is 1. The molecule has 3 aromatic rings. The fourth-order valence-electron chi connectivity index (χ4n) is 4.03. The molecule has 1 aromatic heterocycles. The zero-order valence-electron chi connectivity index (χ0n) is 18.0. The first-order chi connectivity index (χ1) is 15.4. The predicted molar refractivity (Wildman–Crippen MR) is 125 cm³/mol. The van der Waals surface area contributed by atoms with Crippen molar-refractivity contribution in [2.75, 3.05) is 36.5 Å². The summed E-state index contributed by atoms with van der Waals surface area (Å²) >= 11 is 6.38. The van der Waals surface area contributed by atoms with Crippen LogP contribution in [0.3, 0.4) is 0 Å². The molecule has 2 heterocycles. The molecule has 4 rings (SSSR count). The molecular formula is C23H25ClN4O4. The molecular weight excluding hydrogens is 432 g/mol. The second kappa shape index (κ2) is 9.18. The van der Waals surface area contributed by atoms with Crippen molar-refractivity contribution in [1.82, 2.24) is 9.55 Å². The number of carbonyl (C=O) groups is 1. The highest BCUT2D eigenvalue weighted by Crippen LogP contribution is 2.30. The summed E-state index contributed by atoms with van der Waals surface area (Å²) in [6.45, 7) is 6.75. The average molecular weight is 457 g/mol. The number of rotatable bonds is 6. The fraction of sp³-hybridized carbons (Fsp3) is 0.348. The molecule has 168 valence electrons. The van der Waals surface area contributed by atoms with Crippen LogP contribution >= 0.6 is 11.6 Å². The molecule has 2 aromatic carbocycles. The fourth-order valence-corrected chi connectivity index (χ4v) is 4.26. The molecule has 9 heteroatoms. The topological polar surface area (TPSA) is 96.7 Å². The monoisotopic (exact) mass is 456 g/mol. The van der Waals surface area contributed by atoms with Gasteiger partial charge in [-0.2, -0.15) is 0 Å². The number of anilines is 2. The third-order valence-corrected chi connectivity index (χ3v) is 5.86. The molecule has 0 saturated carbocycles. The maximum absolute atomic E-state index is 13.4. The summed E-state index contributed by atoms with van der Waals surface area (Å²) in [4.78, 5) is 31.9. The quantitative estimate of drug-likeness (QED) is 0.582. The standard InChI is InChI=1S/C23H25ClN4O4/c1-3-28-21(29)18-13-15(24)12-17(20(18)26-23(28)27-8-10-32-11-9-27)14(2)25-19-7-5-4-6-16(19)22(30)31/h4-7,12-14,25H,3,8-11H2,1-2H3,(H,30,31). The maximum Gasteiger partial charge on any atom is 0.337 e. The Morgan fingerprint density at radius 3 is 2.69 bits per heavy atom. The summed E-state index contributed by atoms with van der Waals surface area (Å²) in [6.07, 6.45) is 0. The first-order valence-corrected chi connectivity index (χ1v) is 10.9. The van der Waals surface area contributed by atoms with E-state index in [0.717, 1.165) is 5.56 Å². The van der Waals surface area contributed by atoms with Gasteiger partial charge in [-0.25, -0.2) is 9.78 Å². The van der Waals surface area contributed by atoms with Gasteiger partial charge in [0.05, 0.1) is 35.7 Å². The maximum atomic E-state index is 13.4. The van der Waals surface area contributed by atoms with Gasteiger partial charge in [0, 0.05) is 35.9 Å². The van der Waals surface area contributed by atoms with Gasteiger partial charge in [0.25, 0.3) is 5.56 Å². The Hall–Kier alpha value is -3.10. The van der Waals surface area contributed by atoms with E-state index >= 15 is 0 Å². The number of para-hydroxylation sites is 1. The number of carboxylic acids is 1. The van der Waals surface area contributed by atoms with Crippen LogP contribution in [0.2, 0.25) is 5.02 Å². The van der Waals surface area contributed by atoms with E-state index in [0.29, 0.717) is 60.4 Å². The van der Waals surface area contributed by atoms with Crippen molar-refractivity contribution < 1.29 is 14.6 Å². The molecule has 0 radical (unpaired) electrons. The average Bonchev–Trinajstić information content (AvgIpc) is 2.79. The molecule has 1 atom stereocenters. The van der Waals surface area contributed by atoms with E-state index in [9.17, 15) is 14.7 Å². The molecule has 1 fully saturated rings. The van der Waals surface area contributed by atoms with E-state index in [1.165, 1.54) is 0 Å². The van der Waals surface area contributed by atoms with E-state index in [1.807, 2.05) is 13.8 Å². The zero-order valence-corrected chi connectivity index (χ0v) is 18.7. The van der Waals surface area contributed by atoms with Gasteiger partial charge in [-0.05, 0) is 38.1 Å². The highest BCUT2D eigenvalue weighted by Gasteiger charge is 2.22. The summed E-state index contributed by atoms with van der Waals surface area (Å²) in [5.74, 6) is -0.412. The number of aromatic carboxylic acids is 1. The van der Waals surface area contributed by atoms with Gasteiger partial charge < -0.3 is 20.1 Å². The lowest BCUT2D eigenvalue weighted by Crippen LogP contribution is -2.40. The first kappa shape index (κ1) is 22.1. The minimum atomic E-state index is -1.02. The predicted octanol–water partition coefficient (Wildman–Crippen LogP) is 3.78. The molecule has 32 heavy (non-hydrogen) atoms. The highest BCUT2D eigenvalue weighted by molar-refractivity contribution is 6.31. The number of ether oxygens (including phenoxy) is 1. The number of hydrogen-bond donors (Lipinski definition) is 2. The first-order valence-electron chi connectivity index (χ1n) is 10.6. The van der Waals surface area contributed by atoms with Crippen LogP contribution in [-0.4, -0.2) is 46.9 Å². The lowest BCUT2D eigenvalue weighted by molar-refractivity contribution is 0.0698. The van der Waals surface area contributed by atoms with E-state index < -0.39 is 5.97 Å². The van der Waals surface area contributed by atoms with Crippen LogP contribution < -0.4 is 15.8 Å². The molecule has 2 N–H and O–H groups in total. The van der Waals surface area contributed by atoms with Crippen molar-refractivity contribution in [2.45, 2.75) is 26.4 Å². The van der Waals surface area contributed by atoms with Crippen LogP contribution in [0.5, 0.6) is 0 Å². The van der Waals surface area contributed by atoms with Gasteiger partial charge in [-0.15, -0.1) is 0 Å². The normalized spacial score (nSPS) is 15.0. The van der Waals surface area contributed by atoms with Crippen molar-refractivity contribution in [3.8, 4) is 0 Å². The number of halogens is 1. The van der Waals surface area contributed by atoms with Crippen LogP contribution in [0, 0.1) is 0 Å². The third-order valence-electron chi connectivity index (χ3n) is 5.64. The number of carboxylic acid groups (broad SMARTS) is 1. The number of nitrogens with zero attached hydrogens (tertiary/aromatic N) is 3. The smallest absolute Gasteiger partial charge is 0.337 e. The van der Waals surface area contributed by atoms with Crippen molar-refractivity contribution >= 4 is 40.1 Å². The lowest BCUT2D eigenvalue weighted by atomic mass is 10.0. The summed E-state index contributed by atoms with van der Waals surface area (Å²) in [5, 5.41) is 13.6. The number of benzene rings is 2. The van der Waals surface area contributed by atoms with Crippen molar-refractivity contribution in [3.05, 3.63) is 62.9 Å². The summed E-state index contributed by atoms with van der Waals surface area (Å²) < 4.78 is 7.11. The minimum absolute atomic E-state index is 0.152. The van der Waals surface area contributed by atoms with E-state index in [1.54, 1.807) is 41.0 Å². The van der Waals surface area contributed by atoms with Crippen molar-refractivity contribution in [2.24, 2.45) is 0 Å². The van der Waals surface area contributed by atoms with Gasteiger partial charge in [0.2, 0.25) is 5.95 Å². The third kappa shape index (κ3) is 4.16.